The molecule has 0 radical (unpaired) electrons. The van der Waals surface area contributed by atoms with Crippen molar-refractivity contribution in [2.24, 2.45) is 0 Å². The Labute approximate surface area is 579 Å². The molecule has 1 N–H and O–H groups in total. The van der Waals surface area contributed by atoms with E-state index in [-0.39, 0.29) is 0 Å². The van der Waals surface area contributed by atoms with Gasteiger partial charge in [0.15, 0.2) is 34.5 Å². The molecule has 3 fully saturated rings. The van der Waals surface area contributed by atoms with Crippen molar-refractivity contribution >= 4 is 30.0 Å². The van der Waals surface area contributed by atoms with E-state index < -0.39 is 0 Å². The van der Waals surface area contributed by atoms with Gasteiger partial charge in [0.25, 0.3) is 0 Å². The molecule has 4 aliphatic heterocycles. The monoisotopic (exact) mass is 1350 g/mol. The van der Waals surface area contributed by atoms with Crippen LogP contribution in [0.2, 0.25) is 0 Å². The van der Waals surface area contributed by atoms with Crippen molar-refractivity contribution in [3.05, 3.63) is 137 Å². The molecule has 5 aromatic rings. The van der Waals surface area contributed by atoms with E-state index in [4.69, 9.17) is 52.5 Å². The van der Waals surface area contributed by atoms with Crippen LogP contribution < -0.4 is 47.4 Å². The van der Waals surface area contributed by atoms with Gasteiger partial charge in [-0.3, -0.25) is 8.78 Å². The first-order valence-electron chi connectivity index (χ1n) is 33.5. The van der Waals surface area contributed by atoms with Crippen molar-refractivity contribution in [1.82, 2.24) is 14.7 Å². The van der Waals surface area contributed by atoms with Gasteiger partial charge in [0.05, 0.1) is 71.2 Å². The van der Waals surface area contributed by atoms with E-state index >= 15 is 0 Å². The summed E-state index contributed by atoms with van der Waals surface area (Å²) in [5.74, 6) is 10.3. The number of halogens is 2. The molecule has 4 heterocycles. The number of fused-ring (bicyclic) bond motifs is 1. The Hall–Kier alpha value is -6.63. The van der Waals surface area contributed by atoms with Crippen LogP contribution in [0.1, 0.15) is 141 Å². The Bertz CT molecular complexity index is 2620. The summed E-state index contributed by atoms with van der Waals surface area (Å²) < 4.78 is 70.9. The molecular formula is C78H125F2N3O11S. The van der Waals surface area contributed by atoms with Crippen molar-refractivity contribution in [2.45, 2.75) is 133 Å². The van der Waals surface area contributed by atoms with Gasteiger partial charge in [-0.2, -0.15) is 11.8 Å². The number of hydrogen-bond acceptors (Lipinski definition) is 15. The lowest BCUT2D eigenvalue weighted by atomic mass is 10.0. The number of benzene rings is 5. The Morgan fingerprint density at radius 3 is 1.27 bits per heavy atom. The summed E-state index contributed by atoms with van der Waals surface area (Å²) in [5, 5.41) is 7.00. The maximum Gasteiger partial charge on any atom is 0.231 e. The predicted molar refractivity (Wildman–Crippen MR) is 401 cm³/mol. The van der Waals surface area contributed by atoms with E-state index in [0.29, 0.717) is 44.1 Å². The smallest absolute Gasteiger partial charge is 0.231 e. The maximum atomic E-state index is 9.50. The molecule has 17 heteroatoms. The highest BCUT2D eigenvalue weighted by atomic mass is 32.2. The predicted octanol–water partition coefficient (Wildman–Crippen LogP) is 18.4. The molecule has 14 nitrogen and oxygen atoms in total. The van der Waals surface area contributed by atoms with E-state index in [2.05, 4.69) is 86.2 Å². The number of nitrogens with zero attached hydrogens (tertiary/aromatic N) is 3. The first-order valence-corrected chi connectivity index (χ1v) is 34.6. The van der Waals surface area contributed by atoms with Crippen molar-refractivity contribution in [3.8, 4) is 57.5 Å². The van der Waals surface area contributed by atoms with Crippen LogP contribution in [0.25, 0.3) is 18.2 Å². The third-order valence-corrected chi connectivity index (χ3v) is 16.0. The summed E-state index contributed by atoms with van der Waals surface area (Å²) in [6.45, 7) is 30.0. The number of aliphatic hydroxyl groups is 1. The van der Waals surface area contributed by atoms with Crippen LogP contribution in [-0.4, -0.2) is 175 Å². The first kappa shape index (κ1) is 90.4. The third-order valence-electron chi connectivity index (χ3n) is 15.0. The maximum absolute atomic E-state index is 9.50. The van der Waals surface area contributed by atoms with E-state index in [1.165, 1.54) is 125 Å². The van der Waals surface area contributed by atoms with E-state index in [1.54, 1.807) is 56.9 Å². The van der Waals surface area contributed by atoms with Gasteiger partial charge in [-0.05, 0) is 194 Å². The number of ether oxygens (including phenoxy) is 10. The van der Waals surface area contributed by atoms with Gasteiger partial charge >= 0.3 is 0 Å². The number of thioether (sulfide) groups is 1. The zero-order valence-electron chi connectivity index (χ0n) is 62.1. The minimum absolute atomic E-state index is 0.342. The fourth-order valence-electron chi connectivity index (χ4n) is 9.98. The van der Waals surface area contributed by atoms with Crippen LogP contribution >= 0.6 is 11.8 Å². The summed E-state index contributed by atoms with van der Waals surface area (Å²) in [5.41, 5.74) is 5.95. The summed E-state index contributed by atoms with van der Waals surface area (Å²) in [4.78, 5) is 7.57. The Balaban J connectivity index is 0. The van der Waals surface area contributed by atoms with Crippen molar-refractivity contribution in [2.75, 3.05) is 149 Å². The fraction of sp³-hybridized carbons (Fsp3) is 0.538. The summed E-state index contributed by atoms with van der Waals surface area (Å²) in [6.07, 6.45) is 25.1. The second-order valence-corrected chi connectivity index (χ2v) is 22.5. The second kappa shape index (κ2) is 61.0. The number of alkyl halides is 2. The van der Waals surface area contributed by atoms with Crippen molar-refractivity contribution in [1.29, 1.82) is 0 Å². The minimum Gasteiger partial charge on any atom is -0.497 e. The second-order valence-electron chi connectivity index (χ2n) is 21.2. The van der Waals surface area contributed by atoms with Gasteiger partial charge in [0, 0.05) is 37.7 Å². The molecule has 5 aromatic carbocycles. The molecule has 1 unspecified atom stereocenters. The molecule has 9 rings (SSSR count). The molecule has 0 bridgehead atoms. The van der Waals surface area contributed by atoms with E-state index in [0.717, 1.165) is 78.0 Å². The van der Waals surface area contributed by atoms with Crippen LogP contribution in [0.5, 0.6) is 57.5 Å². The van der Waals surface area contributed by atoms with Gasteiger partial charge in [-0.15, -0.1) is 0 Å². The minimum atomic E-state index is 0.342. The fourth-order valence-corrected chi connectivity index (χ4v) is 11.0. The highest BCUT2D eigenvalue weighted by Gasteiger charge is 2.17. The molecule has 0 saturated carbocycles. The van der Waals surface area contributed by atoms with Crippen LogP contribution in [0, 0.1) is 0 Å². The molecular weight excluding hydrogens is 1220 g/mol. The molecule has 4 aliphatic rings. The number of piperidine rings is 2. The molecule has 0 amide bonds. The number of rotatable bonds is 18. The molecule has 538 valence electrons. The third kappa shape index (κ3) is 38.6. The standard InChI is InChI=1S/C12H18O3.C12H16O3.C10H10O2.C10H14O.C10H12O.C8H17N.C7H15N.C6H13NS.2CH3F.CH4O/c2*1-5-6-9-7-10(13-2)12(15-4)11(8-9)14-3;1-2-3-8-4-5-9-10(6-8)12-7-11-9;2*1-3-4-9-5-7-10(11-2)8-6-9;1-3-9-7-5-4-6-8(9)2;1-2-8-6-4-3-5-7-8;1-2-7-3-5-8-6-4-7;3*1-2/h7-8H,5-6H2,1-4H3;5-8H,1-4H3;2-6H,7H2,1H3;5-8H,3-4H2,1-2H3;3-8H,1-2H3;8H,3-7H2,1-2H3;2-7H2,1H3;2-6H2,1H3;2*1H3;2H,1H3/b;6-5+;3-2+;;4-3+;;;;;;. The largest absolute Gasteiger partial charge is 0.497 e. The normalized spacial score (nSPS) is 14.4. The van der Waals surface area contributed by atoms with Gasteiger partial charge in [-0.25, -0.2) is 0 Å². The lowest BCUT2D eigenvalue weighted by Gasteiger charge is -2.31. The molecule has 1 atom stereocenters. The number of hydrogen-bond donors (Lipinski definition) is 1. The van der Waals surface area contributed by atoms with Crippen LogP contribution in [-0.2, 0) is 12.8 Å². The number of aliphatic hydroxyl groups excluding tert-OH is 1. The number of likely N-dealkylation sites (tertiary alicyclic amines) is 2. The zero-order chi connectivity index (χ0) is 71.4. The first-order chi connectivity index (χ1) is 46.4. The molecule has 95 heavy (non-hydrogen) atoms. The molecule has 0 aromatic heterocycles. The number of aryl methyl sites for hydroxylation is 2. The quantitative estimate of drug-likeness (QED) is 0.0895. The number of methoxy groups -OCH3 is 8. The van der Waals surface area contributed by atoms with Crippen molar-refractivity contribution in [3.63, 3.8) is 0 Å². The van der Waals surface area contributed by atoms with Gasteiger partial charge in [-0.1, -0.05) is 127 Å². The van der Waals surface area contributed by atoms with Crippen molar-refractivity contribution < 1.29 is 61.3 Å². The van der Waals surface area contributed by atoms with Crippen LogP contribution in [0.3, 0.4) is 0 Å². The van der Waals surface area contributed by atoms with Gasteiger partial charge < -0.3 is 67.2 Å². The van der Waals surface area contributed by atoms with Crippen LogP contribution in [0.15, 0.2) is 109 Å². The Morgan fingerprint density at radius 2 is 0.874 bits per heavy atom. The topological polar surface area (TPSA) is 122 Å². The molecule has 3 saturated heterocycles. The van der Waals surface area contributed by atoms with Gasteiger partial charge in [0.1, 0.15) is 11.5 Å². The highest BCUT2D eigenvalue weighted by Crippen LogP contribution is 2.40. The lowest BCUT2D eigenvalue weighted by molar-refractivity contribution is 0.169. The lowest BCUT2D eigenvalue weighted by Crippen LogP contribution is -2.36. The summed E-state index contributed by atoms with van der Waals surface area (Å²) >= 11 is 2.07. The zero-order valence-corrected chi connectivity index (χ0v) is 62.9. The molecule has 0 spiro atoms. The Kier molecular flexibility index (Phi) is 58.1. The SMILES string of the molecule is C/C=C/c1cc(OC)c(OC)c(OC)c1.C/C=C/c1ccc(OC)cc1.C/C=C/c1ccc2c(c1)OCO2.CCCc1cc(OC)c(OC)c(OC)c1.CCCc1ccc(OC)cc1.CCN1CCCCC1.CCN1CCCCC1C.CCN1CCSCC1.CF.CF.CO. The summed E-state index contributed by atoms with van der Waals surface area (Å²) in [7, 11) is 15.0. The molecule has 0 aliphatic carbocycles. The van der Waals surface area contributed by atoms with E-state index in [1.807, 2.05) is 130 Å². The average Bonchev–Trinajstić information content (AvgIpc) is 1.37. The number of allylic oxidation sites excluding steroid dienone is 3. The van der Waals surface area contributed by atoms with Crippen LogP contribution in [0.4, 0.5) is 8.78 Å². The van der Waals surface area contributed by atoms with Gasteiger partial charge in [0.2, 0.25) is 18.3 Å². The summed E-state index contributed by atoms with van der Waals surface area (Å²) in [6, 6.07) is 30.7. The highest BCUT2D eigenvalue weighted by molar-refractivity contribution is 7.99. The Morgan fingerprint density at radius 1 is 0.453 bits per heavy atom. The van der Waals surface area contributed by atoms with E-state index in [9.17, 15) is 8.78 Å². The average molecular weight is 1350 g/mol.